The first-order chi connectivity index (χ1) is 9.56. The Morgan fingerprint density at radius 2 is 2.20 bits per heavy atom. The number of hydrogen-bond acceptors (Lipinski definition) is 3. The van der Waals surface area contributed by atoms with E-state index in [-0.39, 0.29) is 11.8 Å². The first-order valence-electron chi connectivity index (χ1n) is 8.31. The summed E-state index contributed by atoms with van der Waals surface area (Å²) in [4.78, 5) is 14.8. The zero-order valence-electron chi connectivity index (χ0n) is 13.3. The van der Waals surface area contributed by atoms with Crippen LogP contribution in [0.15, 0.2) is 0 Å². The summed E-state index contributed by atoms with van der Waals surface area (Å²) in [5, 5.41) is 6.58. The van der Waals surface area contributed by atoms with Crippen molar-refractivity contribution in [2.75, 3.05) is 26.2 Å². The standard InChI is InChI=1S/C16H31N3O/c1-12-5-4-8-19(11-12)14(3)10-18-16(20)15-6-7-17-13(2)9-15/h12-15,17H,4-11H2,1-3H3,(H,18,20)/t12?,13-,14?,15-/m0/s1. The average molecular weight is 281 g/mol. The fourth-order valence-corrected chi connectivity index (χ4v) is 3.52. The van der Waals surface area contributed by atoms with Crippen LogP contribution in [0, 0.1) is 11.8 Å². The molecule has 2 fully saturated rings. The van der Waals surface area contributed by atoms with E-state index in [4.69, 9.17) is 0 Å². The van der Waals surface area contributed by atoms with E-state index >= 15 is 0 Å². The Kier molecular flexibility index (Phi) is 5.85. The van der Waals surface area contributed by atoms with Crippen molar-refractivity contribution >= 4 is 5.91 Å². The minimum absolute atomic E-state index is 0.207. The van der Waals surface area contributed by atoms with Gasteiger partial charge in [0.25, 0.3) is 0 Å². The third-order valence-corrected chi connectivity index (χ3v) is 4.88. The summed E-state index contributed by atoms with van der Waals surface area (Å²) < 4.78 is 0. The first kappa shape index (κ1) is 15.8. The summed E-state index contributed by atoms with van der Waals surface area (Å²) in [6, 6.07) is 0.931. The molecular formula is C16H31N3O. The van der Waals surface area contributed by atoms with Gasteiger partial charge in [0.15, 0.2) is 0 Å². The van der Waals surface area contributed by atoms with E-state index in [0.717, 1.165) is 31.8 Å². The number of rotatable bonds is 4. The van der Waals surface area contributed by atoms with Gasteiger partial charge in [-0.1, -0.05) is 6.92 Å². The van der Waals surface area contributed by atoms with Gasteiger partial charge in [-0.15, -0.1) is 0 Å². The second kappa shape index (κ2) is 7.41. The average Bonchev–Trinajstić information content (AvgIpc) is 2.44. The molecule has 2 saturated heterocycles. The molecule has 0 aliphatic carbocycles. The summed E-state index contributed by atoms with van der Waals surface area (Å²) in [6.07, 6.45) is 4.60. The van der Waals surface area contributed by atoms with Crippen molar-refractivity contribution in [3.8, 4) is 0 Å². The molecule has 0 radical (unpaired) electrons. The maximum Gasteiger partial charge on any atom is 0.223 e. The third-order valence-electron chi connectivity index (χ3n) is 4.88. The second-order valence-corrected chi connectivity index (χ2v) is 6.91. The minimum Gasteiger partial charge on any atom is -0.354 e. The lowest BCUT2D eigenvalue weighted by Crippen LogP contribution is -2.48. The van der Waals surface area contributed by atoms with Crippen molar-refractivity contribution in [2.24, 2.45) is 11.8 Å². The first-order valence-corrected chi connectivity index (χ1v) is 8.31. The van der Waals surface area contributed by atoms with Gasteiger partial charge < -0.3 is 10.6 Å². The van der Waals surface area contributed by atoms with Crippen LogP contribution in [-0.4, -0.2) is 49.1 Å². The summed E-state index contributed by atoms with van der Waals surface area (Å²) in [7, 11) is 0. The number of piperidine rings is 2. The Hall–Kier alpha value is -0.610. The molecule has 1 amide bonds. The molecule has 2 rings (SSSR count). The van der Waals surface area contributed by atoms with Crippen LogP contribution < -0.4 is 10.6 Å². The molecule has 116 valence electrons. The van der Waals surface area contributed by atoms with Crippen molar-refractivity contribution in [3.05, 3.63) is 0 Å². The molecule has 4 nitrogen and oxygen atoms in total. The molecular weight excluding hydrogens is 250 g/mol. The molecule has 0 aromatic rings. The quantitative estimate of drug-likeness (QED) is 0.823. The third kappa shape index (κ3) is 4.45. The number of nitrogens with zero attached hydrogens (tertiary/aromatic N) is 1. The predicted molar refractivity (Wildman–Crippen MR) is 82.6 cm³/mol. The molecule has 2 heterocycles. The molecule has 2 aliphatic rings. The monoisotopic (exact) mass is 281 g/mol. The number of hydrogen-bond donors (Lipinski definition) is 2. The molecule has 0 aromatic carbocycles. The fourth-order valence-electron chi connectivity index (χ4n) is 3.52. The van der Waals surface area contributed by atoms with Crippen LogP contribution in [0.25, 0.3) is 0 Å². The predicted octanol–water partition coefficient (Wildman–Crippen LogP) is 1.61. The molecule has 0 spiro atoms. The molecule has 4 heteroatoms. The highest BCUT2D eigenvalue weighted by Gasteiger charge is 2.26. The normalized spacial score (nSPS) is 33.6. The minimum atomic E-state index is 0.207. The lowest BCUT2D eigenvalue weighted by molar-refractivity contribution is -0.126. The van der Waals surface area contributed by atoms with Crippen LogP contribution in [0.3, 0.4) is 0 Å². The van der Waals surface area contributed by atoms with E-state index in [1.807, 2.05) is 0 Å². The van der Waals surface area contributed by atoms with Crippen LogP contribution in [0.2, 0.25) is 0 Å². The topological polar surface area (TPSA) is 44.4 Å². The van der Waals surface area contributed by atoms with Crippen LogP contribution in [0.1, 0.15) is 46.5 Å². The second-order valence-electron chi connectivity index (χ2n) is 6.91. The number of carbonyl (C=O) groups excluding carboxylic acids is 1. The summed E-state index contributed by atoms with van der Waals surface area (Å²) in [5.74, 6) is 1.26. The van der Waals surface area contributed by atoms with Crippen LogP contribution >= 0.6 is 0 Å². The van der Waals surface area contributed by atoms with Crippen LogP contribution in [-0.2, 0) is 4.79 Å². The lowest BCUT2D eigenvalue weighted by atomic mass is 9.92. The molecule has 2 aliphatic heterocycles. The van der Waals surface area contributed by atoms with Crippen molar-refractivity contribution in [3.63, 3.8) is 0 Å². The van der Waals surface area contributed by atoms with Gasteiger partial charge in [0.1, 0.15) is 0 Å². The molecule has 2 unspecified atom stereocenters. The maximum atomic E-state index is 12.2. The fraction of sp³-hybridized carbons (Fsp3) is 0.938. The van der Waals surface area contributed by atoms with Crippen molar-refractivity contribution < 1.29 is 4.79 Å². The van der Waals surface area contributed by atoms with E-state index in [9.17, 15) is 4.79 Å². The van der Waals surface area contributed by atoms with Crippen LogP contribution in [0.4, 0.5) is 0 Å². The summed E-state index contributed by atoms with van der Waals surface area (Å²) in [5.41, 5.74) is 0. The van der Waals surface area contributed by atoms with E-state index < -0.39 is 0 Å². The van der Waals surface area contributed by atoms with Gasteiger partial charge in [-0.25, -0.2) is 0 Å². The highest BCUT2D eigenvalue weighted by molar-refractivity contribution is 5.78. The Bertz CT molecular complexity index is 321. The number of likely N-dealkylation sites (tertiary alicyclic amines) is 1. The van der Waals surface area contributed by atoms with E-state index in [0.29, 0.717) is 12.1 Å². The largest absolute Gasteiger partial charge is 0.354 e. The molecule has 4 atom stereocenters. The molecule has 2 N–H and O–H groups in total. The van der Waals surface area contributed by atoms with Gasteiger partial charge in [-0.3, -0.25) is 9.69 Å². The van der Waals surface area contributed by atoms with E-state index in [1.54, 1.807) is 0 Å². The summed E-state index contributed by atoms with van der Waals surface area (Å²) in [6.45, 7) is 10.9. The Morgan fingerprint density at radius 3 is 2.90 bits per heavy atom. The SMILES string of the molecule is CC1CCCN(C(C)CNC(=O)[C@H]2CCN[C@@H](C)C2)C1. The van der Waals surface area contributed by atoms with Crippen LogP contribution in [0.5, 0.6) is 0 Å². The van der Waals surface area contributed by atoms with Gasteiger partial charge in [-0.05, 0) is 58.5 Å². The van der Waals surface area contributed by atoms with Gasteiger partial charge in [0.05, 0.1) is 0 Å². The highest BCUT2D eigenvalue weighted by atomic mass is 16.1. The van der Waals surface area contributed by atoms with Crippen molar-refractivity contribution in [1.29, 1.82) is 0 Å². The lowest BCUT2D eigenvalue weighted by Gasteiger charge is -2.36. The number of nitrogens with one attached hydrogen (secondary N) is 2. The van der Waals surface area contributed by atoms with Gasteiger partial charge in [0.2, 0.25) is 5.91 Å². The zero-order valence-corrected chi connectivity index (χ0v) is 13.3. The zero-order chi connectivity index (χ0) is 14.5. The van der Waals surface area contributed by atoms with E-state index in [2.05, 4.69) is 36.3 Å². The Morgan fingerprint density at radius 1 is 1.40 bits per heavy atom. The molecule has 0 saturated carbocycles. The Labute approximate surface area is 123 Å². The molecule has 20 heavy (non-hydrogen) atoms. The van der Waals surface area contributed by atoms with Crippen molar-refractivity contribution in [2.45, 2.75) is 58.5 Å². The number of carbonyl (C=O) groups is 1. The van der Waals surface area contributed by atoms with Gasteiger partial charge in [-0.2, -0.15) is 0 Å². The van der Waals surface area contributed by atoms with Gasteiger partial charge in [0, 0.05) is 31.1 Å². The highest BCUT2D eigenvalue weighted by Crippen LogP contribution is 2.18. The summed E-state index contributed by atoms with van der Waals surface area (Å²) >= 11 is 0. The molecule has 0 aromatic heterocycles. The number of amides is 1. The maximum absolute atomic E-state index is 12.2. The van der Waals surface area contributed by atoms with E-state index in [1.165, 1.54) is 25.9 Å². The van der Waals surface area contributed by atoms with Crippen molar-refractivity contribution in [1.82, 2.24) is 15.5 Å². The molecule has 0 bridgehead atoms. The smallest absolute Gasteiger partial charge is 0.223 e. The Balaban J connectivity index is 1.72. The van der Waals surface area contributed by atoms with Gasteiger partial charge >= 0.3 is 0 Å².